The maximum absolute atomic E-state index is 11.7. The molecule has 0 heterocycles. The molecule has 4 nitrogen and oxygen atoms in total. The molecular formula is C14H21NO3. The van der Waals surface area contributed by atoms with Crippen LogP contribution in [0.1, 0.15) is 25.5 Å². The molecule has 0 spiro atoms. The van der Waals surface area contributed by atoms with Gasteiger partial charge in [-0.15, -0.1) is 0 Å². The predicted octanol–water partition coefficient (Wildman–Crippen LogP) is 1.92. The van der Waals surface area contributed by atoms with Gasteiger partial charge in [-0.2, -0.15) is 0 Å². The number of methoxy groups -OCH3 is 1. The molecule has 0 aliphatic heterocycles. The molecule has 2 atom stereocenters. The van der Waals surface area contributed by atoms with Crippen molar-refractivity contribution in [3.8, 4) is 0 Å². The van der Waals surface area contributed by atoms with E-state index in [1.807, 2.05) is 37.3 Å². The van der Waals surface area contributed by atoms with E-state index < -0.39 is 6.04 Å². The van der Waals surface area contributed by atoms with Gasteiger partial charge in [-0.25, -0.2) is 0 Å². The summed E-state index contributed by atoms with van der Waals surface area (Å²) in [6.07, 6.45) is 0. The number of carbonyl (C=O) groups excluding carboxylic acids is 1. The molecule has 1 aromatic rings. The van der Waals surface area contributed by atoms with Crippen molar-refractivity contribution in [3.63, 3.8) is 0 Å². The minimum atomic E-state index is -0.440. The van der Waals surface area contributed by atoms with Gasteiger partial charge in [0.05, 0.1) is 13.2 Å². The number of benzene rings is 1. The van der Waals surface area contributed by atoms with Crippen molar-refractivity contribution < 1.29 is 14.3 Å². The third-order valence-corrected chi connectivity index (χ3v) is 2.66. The zero-order valence-electron chi connectivity index (χ0n) is 11.2. The van der Waals surface area contributed by atoms with E-state index in [2.05, 4.69) is 5.32 Å². The van der Waals surface area contributed by atoms with E-state index in [1.165, 1.54) is 0 Å². The summed E-state index contributed by atoms with van der Waals surface area (Å²) in [7, 11) is 1.57. The van der Waals surface area contributed by atoms with Gasteiger partial charge < -0.3 is 9.47 Å². The van der Waals surface area contributed by atoms with E-state index in [1.54, 1.807) is 14.0 Å². The SMILES string of the molecule is CCOC(=O)[C@@H](COC)N[C@H](C)c1ccccc1. The van der Waals surface area contributed by atoms with Gasteiger partial charge in [0.2, 0.25) is 0 Å². The molecule has 0 saturated heterocycles. The molecule has 0 aliphatic rings. The molecule has 0 aromatic heterocycles. The molecule has 0 amide bonds. The number of esters is 1. The molecule has 0 unspecified atom stereocenters. The Hall–Kier alpha value is -1.39. The second kappa shape index (κ2) is 7.84. The molecule has 0 saturated carbocycles. The summed E-state index contributed by atoms with van der Waals surface area (Å²) in [6.45, 7) is 4.48. The van der Waals surface area contributed by atoms with Gasteiger partial charge in [-0.3, -0.25) is 10.1 Å². The van der Waals surface area contributed by atoms with Crippen molar-refractivity contribution in [2.24, 2.45) is 0 Å². The summed E-state index contributed by atoms with van der Waals surface area (Å²) < 4.78 is 10.1. The third kappa shape index (κ3) is 4.47. The number of ether oxygens (including phenoxy) is 2. The summed E-state index contributed by atoms with van der Waals surface area (Å²) in [6, 6.07) is 9.58. The lowest BCUT2D eigenvalue weighted by atomic mass is 10.1. The van der Waals surface area contributed by atoms with Crippen LogP contribution in [0.4, 0.5) is 0 Å². The Labute approximate surface area is 108 Å². The van der Waals surface area contributed by atoms with E-state index in [-0.39, 0.29) is 12.0 Å². The number of hydrogen-bond acceptors (Lipinski definition) is 4. The highest BCUT2D eigenvalue weighted by Gasteiger charge is 2.21. The van der Waals surface area contributed by atoms with Gasteiger partial charge in [0, 0.05) is 13.2 Å². The number of nitrogens with one attached hydrogen (secondary N) is 1. The van der Waals surface area contributed by atoms with Crippen LogP contribution in [0.25, 0.3) is 0 Å². The second-order valence-corrected chi connectivity index (χ2v) is 4.06. The zero-order chi connectivity index (χ0) is 13.4. The average Bonchev–Trinajstić information content (AvgIpc) is 2.39. The van der Waals surface area contributed by atoms with E-state index >= 15 is 0 Å². The summed E-state index contributed by atoms with van der Waals surface area (Å²) >= 11 is 0. The minimum absolute atomic E-state index is 0.0655. The fourth-order valence-electron chi connectivity index (χ4n) is 1.73. The van der Waals surface area contributed by atoms with Crippen molar-refractivity contribution in [2.45, 2.75) is 25.9 Å². The first kappa shape index (κ1) is 14.7. The van der Waals surface area contributed by atoms with E-state index in [9.17, 15) is 4.79 Å². The van der Waals surface area contributed by atoms with Gasteiger partial charge in [0.25, 0.3) is 0 Å². The maximum Gasteiger partial charge on any atom is 0.325 e. The van der Waals surface area contributed by atoms with Crippen LogP contribution >= 0.6 is 0 Å². The Morgan fingerprint density at radius 2 is 2.00 bits per heavy atom. The molecule has 1 N–H and O–H groups in total. The zero-order valence-corrected chi connectivity index (χ0v) is 11.2. The van der Waals surface area contributed by atoms with Crippen LogP contribution in [0.5, 0.6) is 0 Å². The predicted molar refractivity (Wildman–Crippen MR) is 70.3 cm³/mol. The molecular weight excluding hydrogens is 230 g/mol. The van der Waals surface area contributed by atoms with Crippen LogP contribution in [-0.4, -0.2) is 32.3 Å². The second-order valence-electron chi connectivity index (χ2n) is 4.06. The highest BCUT2D eigenvalue weighted by atomic mass is 16.5. The average molecular weight is 251 g/mol. The van der Waals surface area contributed by atoms with Gasteiger partial charge in [-0.1, -0.05) is 30.3 Å². The first-order chi connectivity index (χ1) is 8.69. The Kier molecular flexibility index (Phi) is 6.39. The summed E-state index contributed by atoms with van der Waals surface area (Å²) in [4.78, 5) is 11.7. The van der Waals surface area contributed by atoms with Crippen LogP contribution in [0.3, 0.4) is 0 Å². The maximum atomic E-state index is 11.7. The Morgan fingerprint density at radius 1 is 1.33 bits per heavy atom. The van der Waals surface area contributed by atoms with E-state index in [0.29, 0.717) is 13.2 Å². The van der Waals surface area contributed by atoms with Gasteiger partial charge in [0.15, 0.2) is 0 Å². The Balaban J connectivity index is 2.63. The van der Waals surface area contributed by atoms with Crippen molar-refractivity contribution in [3.05, 3.63) is 35.9 Å². The highest BCUT2D eigenvalue weighted by molar-refractivity contribution is 5.76. The first-order valence-electron chi connectivity index (χ1n) is 6.15. The van der Waals surface area contributed by atoms with Crippen LogP contribution < -0.4 is 5.32 Å². The summed E-state index contributed by atoms with van der Waals surface area (Å²) in [5, 5.41) is 3.22. The topological polar surface area (TPSA) is 47.6 Å². The quantitative estimate of drug-likeness (QED) is 0.752. The summed E-state index contributed by atoms with van der Waals surface area (Å²) in [5.74, 6) is -0.276. The fourth-order valence-corrected chi connectivity index (χ4v) is 1.73. The third-order valence-electron chi connectivity index (χ3n) is 2.66. The first-order valence-corrected chi connectivity index (χ1v) is 6.15. The van der Waals surface area contributed by atoms with Crippen molar-refractivity contribution in [2.75, 3.05) is 20.3 Å². The van der Waals surface area contributed by atoms with E-state index in [4.69, 9.17) is 9.47 Å². The Morgan fingerprint density at radius 3 is 2.56 bits per heavy atom. The van der Waals surface area contributed by atoms with Crippen molar-refractivity contribution in [1.29, 1.82) is 0 Å². The molecule has 1 aromatic carbocycles. The normalized spacial score (nSPS) is 13.9. The largest absolute Gasteiger partial charge is 0.465 e. The standard InChI is InChI=1S/C14H21NO3/c1-4-18-14(16)13(10-17-3)15-11(2)12-8-6-5-7-9-12/h5-9,11,13,15H,4,10H2,1-3H3/t11-,13-/m1/s1. The van der Waals surface area contributed by atoms with Crippen LogP contribution in [-0.2, 0) is 14.3 Å². The van der Waals surface area contributed by atoms with Gasteiger partial charge >= 0.3 is 5.97 Å². The minimum Gasteiger partial charge on any atom is -0.465 e. The molecule has 0 fully saturated rings. The van der Waals surface area contributed by atoms with Crippen LogP contribution in [0.2, 0.25) is 0 Å². The lowest BCUT2D eigenvalue weighted by molar-refractivity contribution is -0.147. The number of carbonyl (C=O) groups is 1. The van der Waals surface area contributed by atoms with Crippen LogP contribution in [0.15, 0.2) is 30.3 Å². The monoisotopic (exact) mass is 251 g/mol. The van der Waals surface area contributed by atoms with Crippen molar-refractivity contribution >= 4 is 5.97 Å². The molecule has 100 valence electrons. The number of hydrogen-bond donors (Lipinski definition) is 1. The van der Waals surface area contributed by atoms with Gasteiger partial charge in [-0.05, 0) is 19.4 Å². The fraction of sp³-hybridized carbons (Fsp3) is 0.500. The highest BCUT2D eigenvalue weighted by Crippen LogP contribution is 2.12. The lowest BCUT2D eigenvalue weighted by Crippen LogP contribution is -2.42. The molecule has 4 heteroatoms. The number of rotatable bonds is 7. The lowest BCUT2D eigenvalue weighted by Gasteiger charge is -2.21. The molecule has 18 heavy (non-hydrogen) atoms. The smallest absolute Gasteiger partial charge is 0.325 e. The van der Waals surface area contributed by atoms with Gasteiger partial charge in [0.1, 0.15) is 6.04 Å². The summed E-state index contributed by atoms with van der Waals surface area (Å²) in [5.41, 5.74) is 1.13. The molecule has 0 radical (unpaired) electrons. The van der Waals surface area contributed by atoms with E-state index in [0.717, 1.165) is 5.56 Å². The molecule has 1 rings (SSSR count). The molecule has 0 aliphatic carbocycles. The Bertz CT molecular complexity index is 353. The molecule has 0 bridgehead atoms. The van der Waals surface area contributed by atoms with Crippen molar-refractivity contribution in [1.82, 2.24) is 5.32 Å². The van der Waals surface area contributed by atoms with Crippen LogP contribution in [0, 0.1) is 0 Å².